The number of fused-ring (bicyclic) bond motifs is 2. The zero-order valence-corrected chi connectivity index (χ0v) is 11.5. The molecule has 3 aromatic rings. The number of benzene rings is 2. The number of nitrogens with two attached hydrogens (primary N) is 1. The van der Waals surface area contributed by atoms with E-state index in [-0.39, 0.29) is 17.0 Å². The molecule has 0 spiro atoms. The summed E-state index contributed by atoms with van der Waals surface area (Å²) in [6.07, 6.45) is 0. The number of H-pyrrole nitrogens is 1. The molecule has 1 aliphatic rings. The van der Waals surface area contributed by atoms with E-state index in [2.05, 4.69) is 4.98 Å². The van der Waals surface area contributed by atoms with Crippen LogP contribution in [0.25, 0.3) is 22.0 Å². The molecule has 21 heavy (non-hydrogen) atoms. The summed E-state index contributed by atoms with van der Waals surface area (Å²) in [6, 6.07) is 10.4. The zero-order valence-electron chi connectivity index (χ0n) is 10.7. The van der Waals surface area contributed by atoms with Crippen LogP contribution < -0.4 is 11.3 Å². The molecule has 2 aromatic carbocycles. The molecule has 102 valence electrons. The first kappa shape index (κ1) is 12.2. The van der Waals surface area contributed by atoms with E-state index in [0.29, 0.717) is 38.2 Å². The third kappa shape index (κ3) is 1.45. The van der Waals surface area contributed by atoms with Gasteiger partial charge in [-0.25, -0.2) is 0 Å². The molecule has 1 heterocycles. The molecular formula is C16H9ClN2O2. The monoisotopic (exact) mass is 296 g/mol. The van der Waals surface area contributed by atoms with Crippen molar-refractivity contribution in [2.75, 3.05) is 5.73 Å². The number of hydrogen-bond donors (Lipinski definition) is 2. The zero-order chi connectivity index (χ0) is 14.7. The number of carbonyl (C=O) groups is 1. The largest absolute Gasteiger partial charge is 0.394 e. The van der Waals surface area contributed by atoms with Crippen molar-refractivity contribution in [1.29, 1.82) is 0 Å². The maximum absolute atomic E-state index is 12.7. The summed E-state index contributed by atoms with van der Waals surface area (Å²) in [4.78, 5) is 27.4. The number of nitrogens with one attached hydrogen (secondary N) is 1. The Morgan fingerprint density at radius 1 is 0.952 bits per heavy atom. The van der Waals surface area contributed by atoms with Crippen molar-refractivity contribution in [3.05, 3.63) is 62.9 Å². The summed E-state index contributed by atoms with van der Waals surface area (Å²) in [5.74, 6) is -0.153. The number of anilines is 1. The Balaban J connectivity index is 2.37. The molecule has 3 N–H and O–H groups in total. The van der Waals surface area contributed by atoms with E-state index in [1.807, 2.05) is 6.07 Å². The van der Waals surface area contributed by atoms with Crippen LogP contribution in [0.5, 0.6) is 0 Å². The third-order valence-corrected chi connectivity index (χ3v) is 4.15. The fourth-order valence-corrected chi connectivity index (χ4v) is 3.16. The van der Waals surface area contributed by atoms with Crippen LogP contribution in [0, 0.1) is 0 Å². The highest BCUT2D eigenvalue weighted by Gasteiger charge is 2.29. The van der Waals surface area contributed by atoms with Gasteiger partial charge in [-0.3, -0.25) is 9.59 Å². The molecule has 0 amide bonds. The smallest absolute Gasteiger partial charge is 0.272 e. The summed E-state index contributed by atoms with van der Waals surface area (Å²) in [7, 11) is 0. The summed E-state index contributed by atoms with van der Waals surface area (Å²) < 4.78 is 0. The number of halogens is 1. The van der Waals surface area contributed by atoms with Gasteiger partial charge >= 0.3 is 0 Å². The van der Waals surface area contributed by atoms with Crippen LogP contribution in [0.4, 0.5) is 5.69 Å². The van der Waals surface area contributed by atoms with Gasteiger partial charge in [-0.1, -0.05) is 35.9 Å². The third-order valence-electron chi connectivity index (χ3n) is 3.83. The molecule has 0 fully saturated rings. The topological polar surface area (TPSA) is 76.0 Å². The van der Waals surface area contributed by atoms with E-state index < -0.39 is 0 Å². The highest BCUT2D eigenvalue weighted by Crippen LogP contribution is 2.42. The lowest BCUT2D eigenvalue weighted by Gasteiger charge is -2.21. The maximum Gasteiger partial charge on any atom is 0.272 e. The molecule has 0 saturated heterocycles. The second-order valence-electron chi connectivity index (χ2n) is 4.96. The van der Waals surface area contributed by atoms with Gasteiger partial charge in [0.15, 0.2) is 5.78 Å². The first-order chi connectivity index (χ1) is 10.1. The molecule has 4 rings (SSSR count). The van der Waals surface area contributed by atoms with Gasteiger partial charge in [0.25, 0.3) is 5.56 Å². The van der Waals surface area contributed by atoms with E-state index in [9.17, 15) is 9.59 Å². The number of pyridine rings is 1. The van der Waals surface area contributed by atoms with Gasteiger partial charge < -0.3 is 10.7 Å². The Hall–Kier alpha value is -2.59. The van der Waals surface area contributed by atoms with Gasteiger partial charge in [-0.15, -0.1) is 0 Å². The minimum Gasteiger partial charge on any atom is -0.394 e. The fourth-order valence-electron chi connectivity index (χ4n) is 2.91. The summed E-state index contributed by atoms with van der Waals surface area (Å²) >= 11 is 6.21. The molecule has 5 heteroatoms. The van der Waals surface area contributed by atoms with Crippen LogP contribution in [0.1, 0.15) is 15.9 Å². The van der Waals surface area contributed by atoms with Crippen molar-refractivity contribution in [3.8, 4) is 11.1 Å². The van der Waals surface area contributed by atoms with Crippen molar-refractivity contribution < 1.29 is 4.79 Å². The second-order valence-corrected chi connectivity index (χ2v) is 5.37. The highest BCUT2D eigenvalue weighted by molar-refractivity contribution is 6.39. The van der Waals surface area contributed by atoms with Crippen molar-refractivity contribution in [1.82, 2.24) is 4.98 Å². The Morgan fingerprint density at radius 2 is 1.67 bits per heavy atom. The van der Waals surface area contributed by atoms with E-state index >= 15 is 0 Å². The number of ketones is 1. The Bertz CT molecular complexity index is 1010. The maximum atomic E-state index is 12.7. The molecule has 0 bridgehead atoms. The molecule has 4 nitrogen and oxygen atoms in total. The van der Waals surface area contributed by atoms with Crippen LogP contribution in [-0.4, -0.2) is 10.8 Å². The van der Waals surface area contributed by atoms with Crippen LogP contribution >= 0.6 is 11.6 Å². The minimum absolute atomic E-state index is 0.103. The highest BCUT2D eigenvalue weighted by atomic mass is 35.5. The van der Waals surface area contributed by atoms with Crippen LogP contribution in [0.15, 0.2) is 41.2 Å². The van der Waals surface area contributed by atoms with Gasteiger partial charge in [0.2, 0.25) is 0 Å². The quantitative estimate of drug-likeness (QED) is 0.524. The van der Waals surface area contributed by atoms with Crippen molar-refractivity contribution in [2.45, 2.75) is 0 Å². The van der Waals surface area contributed by atoms with E-state index in [4.69, 9.17) is 17.3 Å². The van der Waals surface area contributed by atoms with E-state index in [1.165, 1.54) is 0 Å². The van der Waals surface area contributed by atoms with Gasteiger partial charge in [0, 0.05) is 22.0 Å². The van der Waals surface area contributed by atoms with Gasteiger partial charge in [-0.2, -0.15) is 0 Å². The normalized spacial score (nSPS) is 12.5. The van der Waals surface area contributed by atoms with Gasteiger partial charge in [-0.05, 0) is 17.7 Å². The number of rotatable bonds is 0. The first-order valence-electron chi connectivity index (χ1n) is 6.37. The van der Waals surface area contributed by atoms with E-state index in [0.717, 1.165) is 0 Å². The molecule has 0 atom stereocenters. The average molecular weight is 297 g/mol. The second kappa shape index (κ2) is 3.96. The number of hydrogen-bond acceptors (Lipinski definition) is 3. The molecular weight excluding hydrogens is 288 g/mol. The molecule has 0 unspecified atom stereocenters. The number of nitrogen functional groups attached to an aromatic ring is 1. The predicted molar refractivity (Wildman–Crippen MR) is 82.9 cm³/mol. The standard InChI is InChI=1S/C16H9ClN2O2/c17-9-5-6-10-13-11(14(18)16(21)19-10)7-3-1-2-4-8(7)15(20)12(9)13/h1-6H,18H2,(H,19,21). The van der Waals surface area contributed by atoms with Gasteiger partial charge in [0.05, 0.1) is 10.6 Å². The first-order valence-corrected chi connectivity index (χ1v) is 6.75. The molecule has 1 aromatic heterocycles. The average Bonchev–Trinajstić information content (AvgIpc) is 2.49. The van der Waals surface area contributed by atoms with Crippen molar-refractivity contribution in [3.63, 3.8) is 0 Å². The lowest BCUT2D eigenvalue weighted by molar-refractivity contribution is 0.104. The SMILES string of the molecule is Nc1c2c3c(c(Cl)ccc3[nH]c1=O)C(=O)c1ccccc1-2. The molecule has 1 aliphatic carbocycles. The van der Waals surface area contributed by atoms with Crippen LogP contribution in [0.3, 0.4) is 0 Å². The van der Waals surface area contributed by atoms with Crippen LogP contribution in [0.2, 0.25) is 5.02 Å². The fraction of sp³-hybridized carbons (Fsp3) is 0. The number of carbonyl (C=O) groups excluding carboxylic acids is 1. The lowest BCUT2D eigenvalue weighted by atomic mass is 9.83. The Labute approximate surface area is 124 Å². The Kier molecular flexibility index (Phi) is 2.30. The number of aromatic nitrogens is 1. The van der Waals surface area contributed by atoms with Crippen LogP contribution in [-0.2, 0) is 0 Å². The minimum atomic E-state index is -0.366. The number of aromatic amines is 1. The molecule has 0 radical (unpaired) electrons. The van der Waals surface area contributed by atoms with E-state index in [1.54, 1.807) is 30.3 Å². The molecule has 0 saturated carbocycles. The van der Waals surface area contributed by atoms with Gasteiger partial charge in [0.1, 0.15) is 5.69 Å². The summed E-state index contributed by atoms with van der Waals surface area (Å²) in [6.45, 7) is 0. The summed E-state index contributed by atoms with van der Waals surface area (Å²) in [5.41, 5.74) is 8.43. The Morgan fingerprint density at radius 3 is 2.43 bits per heavy atom. The predicted octanol–water partition coefficient (Wildman–Crippen LogP) is 2.98. The lowest BCUT2D eigenvalue weighted by Crippen LogP contribution is -2.19. The van der Waals surface area contributed by atoms with Crippen molar-refractivity contribution in [2.24, 2.45) is 0 Å². The molecule has 0 aliphatic heterocycles. The summed E-state index contributed by atoms with van der Waals surface area (Å²) in [5, 5.41) is 0.970. The van der Waals surface area contributed by atoms with Crippen molar-refractivity contribution >= 4 is 34.0 Å².